The van der Waals surface area contributed by atoms with Gasteiger partial charge in [0.1, 0.15) is 11.4 Å². The van der Waals surface area contributed by atoms with Crippen molar-refractivity contribution in [2.24, 2.45) is 10.2 Å². The molecule has 0 unspecified atom stereocenters. The van der Waals surface area contributed by atoms with Gasteiger partial charge < -0.3 is 4.74 Å². The van der Waals surface area contributed by atoms with Crippen LogP contribution in [-0.2, 0) is 0 Å². The second-order valence-corrected chi connectivity index (χ2v) is 5.01. The molecule has 112 valence electrons. The molecule has 5 nitrogen and oxygen atoms in total. The molecule has 5 heteroatoms. The van der Waals surface area contributed by atoms with Crippen LogP contribution >= 0.6 is 0 Å². The first-order chi connectivity index (χ1) is 10.7. The lowest BCUT2D eigenvalue weighted by molar-refractivity contribution is 0.340. The van der Waals surface area contributed by atoms with Crippen LogP contribution in [0.1, 0.15) is 18.3 Å². The summed E-state index contributed by atoms with van der Waals surface area (Å²) >= 11 is 0. The Balaban J connectivity index is 1.94. The molecule has 0 saturated carbocycles. The maximum absolute atomic E-state index is 5.42. The molecule has 0 N–H and O–H groups in total. The minimum atomic E-state index is 0.654. The van der Waals surface area contributed by atoms with Crippen molar-refractivity contribution < 1.29 is 4.74 Å². The van der Waals surface area contributed by atoms with E-state index in [0.717, 1.165) is 34.3 Å². The lowest BCUT2D eigenvalue weighted by atomic mass is 10.3. The van der Waals surface area contributed by atoms with Gasteiger partial charge >= 0.3 is 0 Å². The highest BCUT2D eigenvalue weighted by Crippen LogP contribution is 2.25. The average molecular weight is 294 g/mol. The van der Waals surface area contributed by atoms with Crippen molar-refractivity contribution in [2.75, 3.05) is 6.61 Å². The van der Waals surface area contributed by atoms with Crippen LogP contribution in [0.3, 0.4) is 0 Å². The Labute approximate surface area is 129 Å². The van der Waals surface area contributed by atoms with Crippen molar-refractivity contribution in [3.8, 4) is 5.75 Å². The van der Waals surface area contributed by atoms with Gasteiger partial charge in [-0.2, -0.15) is 0 Å². The zero-order valence-electron chi connectivity index (χ0n) is 12.9. The number of pyridine rings is 1. The summed E-state index contributed by atoms with van der Waals surface area (Å²) in [6.45, 7) is 6.59. The van der Waals surface area contributed by atoms with Crippen LogP contribution in [0.2, 0.25) is 0 Å². The average Bonchev–Trinajstić information content (AvgIpc) is 2.84. The van der Waals surface area contributed by atoms with Gasteiger partial charge in [0.15, 0.2) is 5.82 Å². The molecule has 22 heavy (non-hydrogen) atoms. The molecule has 2 aromatic heterocycles. The summed E-state index contributed by atoms with van der Waals surface area (Å²) in [5.41, 5.74) is 3.62. The Morgan fingerprint density at radius 1 is 1.05 bits per heavy atom. The third-order valence-corrected chi connectivity index (χ3v) is 3.39. The largest absolute Gasteiger partial charge is 0.494 e. The molecule has 0 amide bonds. The van der Waals surface area contributed by atoms with E-state index in [0.29, 0.717) is 6.61 Å². The van der Waals surface area contributed by atoms with Crippen LogP contribution in [0.4, 0.5) is 11.5 Å². The summed E-state index contributed by atoms with van der Waals surface area (Å²) in [6, 6.07) is 13.6. The van der Waals surface area contributed by atoms with Gasteiger partial charge in [-0.25, -0.2) is 4.98 Å². The predicted molar refractivity (Wildman–Crippen MR) is 86.5 cm³/mol. The molecular weight excluding hydrogens is 276 g/mol. The summed E-state index contributed by atoms with van der Waals surface area (Å²) in [5.74, 6) is 1.60. The Kier molecular flexibility index (Phi) is 3.87. The number of fused-ring (bicyclic) bond motifs is 1. The minimum Gasteiger partial charge on any atom is -0.494 e. The van der Waals surface area contributed by atoms with E-state index in [1.807, 2.05) is 67.6 Å². The highest BCUT2D eigenvalue weighted by molar-refractivity contribution is 5.53. The zero-order chi connectivity index (χ0) is 15.5. The van der Waals surface area contributed by atoms with Gasteiger partial charge in [0.25, 0.3) is 0 Å². The molecule has 3 rings (SSSR count). The minimum absolute atomic E-state index is 0.654. The molecule has 0 radical (unpaired) electrons. The molecule has 0 spiro atoms. The lowest BCUT2D eigenvalue weighted by Gasteiger charge is -2.02. The van der Waals surface area contributed by atoms with E-state index in [2.05, 4.69) is 15.2 Å². The molecule has 0 aliphatic rings. The van der Waals surface area contributed by atoms with Crippen molar-refractivity contribution in [1.29, 1.82) is 0 Å². The molecule has 3 aromatic rings. The molecule has 2 heterocycles. The van der Waals surface area contributed by atoms with Crippen molar-refractivity contribution >= 4 is 17.2 Å². The SMILES string of the molecule is CCOc1ccc(N=Nc2c(C)nc3cccc(C)n23)cc1. The van der Waals surface area contributed by atoms with Crippen LogP contribution in [0.5, 0.6) is 5.75 Å². The molecule has 0 atom stereocenters. The maximum Gasteiger partial charge on any atom is 0.182 e. The molecule has 0 fully saturated rings. The number of aryl methyl sites for hydroxylation is 2. The van der Waals surface area contributed by atoms with E-state index in [-0.39, 0.29) is 0 Å². The number of aromatic nitrogens is 2. The van der Waals surface area contributed by atoms with Crippen LogP contribution in [0, 0.1) is 13.8 Å². The Bertz CT molecular complexity index is 819. The molecule has 0 saturated heterocycles. The summed E-state index contributed by atoms with van der Waals surface area (Å²) in [6.07, 6.45) is 0. The van der Waals surface area contributed by atoms with Crippen LogP contribution in [-0.4, -0.2) is 16.0 Å². The van der Waals surface area contributed by atoms with E-state index in [9.17, 15) is 0 Å². The topological polar surface area (TPSA) is 51.2 Å². The van der Waals surface area contributed by atoms with Crippen LogP contribution in [0.25, 0.3) is 5.65 Å². The molecule has 0 aliphatic heterocycles. The fraction of sp³-hybridized carbons (Fsp3) is 0.235. The number of rotatable bonds is 4. The number of benzene rings is 1. The van der Waals surface area contributed by atoms with Gasteiger partial charge in [0.05, 0.1) is 18.0 Å². The summed E-state index contributed by atoms with van der Waals surface area (Å²) in [4.78, 5) is 4.51. The standard InChI is InChI=1S/C17H18N4O/c1-4-22-15-10-8-14(9-11-15)19-20-17-13(3)18-16-7-5-6-12(2)21(16)17/h5-11H,4H2,1-3H3. The van der Waals surface area contributed by atoms with E-state index >= 15 is 0 Å². The van der Waals surface area contributed by atoms with Gasteiger partial charge in [-0.05, 0) is 57.2 Å². The van der Waals surface area contributed by atoms with Gasteiger partial charge in [0, 0.05) is 5.69 Å². The highest BCUT2D eigenvalue weighted by atomic mass is 16.5. The van der Waals surface area contributed by atoms with Crippen molar-refractivity contribution in [2.45, 2.75) is 20.8 Å². The first kappa shape index (κ1) is 14.3. The van der Waals surface area contributed by atoms with Gasteiger partial charge in [-0.1, -0.05) is 6.07 Å². The van der Waals surface area contributed by atoms with Gasteiger partial charge in [-0.15, -0.1) is 10.2 Å². The number of hydrogen-bond acceptors (Lipinski definition) is 4. The van der Waals surface area contributed by atoms with E-state index < -0.39 is 0 Å². The first-order valence-electron chi connectivity index (χ1n) is 7.28. The fourth-order valence-corrected chi connectivity index (χ4v) is 2.35. The van der Waals surface area contributed by atoms with E-state index in [4.69, 9.17) is 4.74 Å². The summed E-state index contributed by atoms with van der Waals surface area (Å²) in [5, 5.41) is 8.70. The number of nitrogens with zero attached hydrogens (tertiary/aromatic N) is 4. The Morgan fingerprint density at radius 2 is 1.82 bits per heavy atom. The number of azo groups is 1. The van der Waals surface area contributed by atoms with Gasteiger partial charge in [-0.3, -0.25) is 4.40 Å². The first-order valence-corrected chi connectivity index (χ1v) is 7.28. The third-order valence-electron chi connectivity index (χ3n) is 3.39. The lowest BCUT2D eigenvalue weighted by Crippen LogP contribution is -1.90. The van der Waals surface area contributed by atoms with Crippen molar-refractivity contribution in [3.63, 3.8) is 0 Å². The molecule has 0 bridgehead atoms. The number of hydrogen-bond donors (Lipinski definition) is 0. The monoisotopic (exact) mass is 294 g/mol. The maximum atomic E-state index is 5.42. The Morgan fingerprint density at radius 3 is 2.55 bits per heavy atom. The van der Waals surface area contributed by atoms with E-state index in [1.165, 1.54) is 0 Å². The summed E-state index contributed by atoms with van der Waals surface area (Å²) in [7, 11) is 0. The fourth-order valence-electron chi connectivity index (χ4n) is 2.35. The third kappa shape index (κ3) is 2.70. The molecule has 1 aromatic carbocycles. The van der Waals surface area contributed by atoms with Crippen molar-refractivity contribution in [1.82, 2.24) is 9.38 Å². The summed E-state index contributed by atoms with van der Waals surface area (Å²) < 4.78 is 7.42. The number of imidazole rings is 1. The van der Waals surface area contributed by atoms with Crippen LogP contribution < -0.4 is 4.74 Å². The number of ether oxygens (including phenoxy) is 1. The normalized spacial score (nSPS) is 11.4. The second kappa shape index (κ2) is 5.97. The smallest absolute Gasteiger partial charge is 0.182 e. The zero-order valence-corrected chi connectivity index (χ0v) is 12.9. The van der Waals surface area contributed by atoms with E-state index in [1.54, 1.807) is 0 Å². The second-order valence-electron chi connectivity index (χ2n) is 5.01. The predicted octanol–water partition coefficient (Wildman–Crippen LogP) is 4.77. The quantitative estimate of drug-likeness (QED) is 0.651. The molecular formula is C17H18N4O. The van der Waals surface area contributed by atoms with Gasteiger partial charge in [0.2, 0.25) is 0 Å². The highest BCUT2D eigenvalue weighted by Gasteiger charge is 2.09. The molecule has 0 aliphatic carbocycles. The van der Waals surface area contributed by atoms with Crippen LogP contribution in [0.15, 0.2) is 52.7 Å². The Hall–Kier alpha value is -2.69. The van der Waals surface area contributed by atoms with Crippen molar-refractivity contribution in [3.05, 3.63) is 53.9 Å².